The molecule has 0 radical (unpaired) electrons. The summed E-state index contributed by atoms with van der Waals surface area (Å²) in [6.45, 7) is 2.71. The number of nitrogens with one attached hydrogen (secondary N) is 2. The number of aliphatic hydroxyl groups excluding tert-OH is 2. The van der Waals surface area contributed by atoms with Crippen LogP contribution in [0.3, 0.4) is 0 Å². The number of aliphatic hydroxyl groups is 2. The number of hydrogen-bond acceptors (Lipinski definition) is 5. The monoisotopic (exact) mass is 378 g/mol. The molecule has 0 saturated heterocycles. The quantitative estimate of drug-likeness (QED) is 0.508. The Hall–Kier alpha value is -1.93. The Kier molecular flexibility index (Phi) is 7.59. The molecule has 142 valence electrons. The Labute approximate surface area is 154 Å². The topological polar surface area (TPSA) is 98.7 Å². The van der Waals surface area contributed by atoms with Crippen LogP contribution in [-0.2, 0) is 10.0 Å². The first-order valence-electron chi connectivity index (χ1n) is 8.67. The van der Waals surface area contributed by atoms with E-state index in [9.17, 15) is 18.6 Å². The molecule has 0 aromatic heterocycles. The highest BCUT2D eigenvalue weighted by atomic mass is 32.2. The van der Waals surface area contributed by atoms with E-state index in [1.807, 2.05) is 6.07 Å². The molecule has 6 nitrogen and oxygen atoms in total. The van der Waals surface area contributed by atoms with Gasteiger partial charge in [-0.05, 0) is 36.2 Å². The normalized spacial score (nSPS) is 14.0. The molecular weight excluding hydrogens is 352 g/mol. The van der Waals surface area contributed by atoms with Gasteiger partial charge < -0.3 is 15.5 Å². The molecule has 0 amide bonds. The Morgan fingerprint density at radius 3 is 2.27 bits per heavy atom. The second-order valence-corrected chi connectivity index (χ2v) is 7.89. The Morgan fingerprint density at radius 1 is 1.00 bits per heavy atom. The van der Waals surface area contributed by atoms with Crippen molar-refractivity contribution in [2.45, 2.75) is 36.9 Å². The SMILES string of the molecule is CCCNc1ccc(S(=O)(=O)NC[C@H](O)CC(O)c2ccccc2)cc1. The summed E-state index contributed by atoms with van der Waals surface area (Å²) in [6, 6.07) is 15.4. The predicted octanol–water partition coefficient (Wildman–Crippen LogP) is 2.27. The summed E-state index contributed by atoms with van der Waals surface area (Å²) >= 11 is 0. The second kappa shape index (κ2) is 9.68. The van der Waals surface area contributed by atoms with Gasteiger partial charge in [0.25, 0.3) is 0 Å². The zero-order chi connectivity index (χ0) is 19.0. The first kappa shape index (κ1) is 20.4. The van der Waals surface area contributed by atoms with Crippen LogP contribution >= 0.6 is 0 Å². The lowest BCUT2D eigenvalue weighted by atomic mass is 10.0. The number of rotatable bonds is 10. The first-order valence-corrected chi connectivity index (χ1v) is 10.2. The third-order valence-electron chi connectivity index (χ3n) is 3.93. The van der Waals surface area contributed by atoms with Gasteiger partial charge in [-0.2, -0.15) is 0 Å². The van der Waals surface area contributed by atoms with Crippen molar-refractivity contribution in [3.05, 3.63) is 60.2 Å². The largest absolute Gasteiger partial charge is 0.392 e. The highest BCUT2D eigenvalue weighted by molar-refractivity contribution is 7.89. The fourth-order valence-corrected chi connectivity index (χ4v) is 3.54. The fourth-order valence-electron chi connectivity index (χ4n) is 2.46. The Balaban J connectivity index is 1.88. The zero-order valence-corrected chi connectivity index (χ0v) is 15.6. The van der Waals surface area contributed by atoms with Crippen molar-refractivity contribution >= 4 is 15.7 Å². The molecule has 0 aliphatic heterocycles. The van der Waals surface area contributed by atoms with Crippen molar-refractivity contribution < 1.29 is 18.6 Å². The first-order chi connectivity index (χ1) is 12.4. The van der Waals surface area contributed by atoms with Crippen molar-refractivity contribution in [3.63, 3.8) is 0 Å². The van der Waals surface area contributed by atoms with Gasteiger partial charge >= 0.3 is 0 Å². The van der Waals surface area contributed by atoms with Gasteiger partial charge in [-0.1, -0.05) is 37.3 Å². The third-order valence-corrected chi connectivity index (χ3v) is 5.37. The molecule has 7 heteroatoms. The minimum absolute atomic E-state index is 0.0480. The van der Waals surface area contributed by atoms with Crippen molar-refractivity contribution in [2.75, 3.05) is 18.4 Å². The van der Waals surface area contributed by atoms with Crippen LogP contribution in [0, 0.1) is 0 Å². The molecule has 2 atom stereocenters. The number of sulfonamides is 1. The summed E-state index contributed by atoms with van der Waals surface area (Å²) in [4.78, 5) is 0.135. The standard InChI is InChI=1S/C19H26N2O4S/c1-2-12-20-16-8-10-18(11-9-16)26(24,25)21-14-17(22)13-19(23)15-6-4-3-5-7-15/h3-11,17,19-23H,2,12-14H2,1H3/t17-,19?/m1/s1. The minimum Gasteiger partial charge on any atom is -0.392 e. The Bertz CT molecular complexity index is 764. The fraction of sp³-hybridized carbons (Fsp3) is 0.368. The highest BCUT2D eigenvalue weighted by Gasteiger charge is 2.18. The van der Waals surface area contributed by atoms with E-state index in [2.05, 4.69) is 17.0 Å². The summed E-state index contributed by atoms with van der Waals surface area (Å²) in [5.41, 5.74) is 1.54. The predicted molar refractivity (Wildman–Crippen MR) is 102 cm³/mol. The minimum atomic E-state index is -3.71. The zero-order valence-electron chi connectivity index (χ0n) is 14.8. The lowest BCUT2D eigenvalue weighted by molar-refractivity contribution is 0.0831. The smallest absolute Gasteiger partial charge is 0.240 e. The number of hydrogen-bond donors (Lipinski definition) is 4. The van der Waals surface area contributed by atoms with Crippen LogP contribution in [0.25, 0.3) is 0 Å². The maximum atomic E-state index is 12.3. The molecule has 0 aliphatic carbocycles. The van der Waals surface area contributed by atoms with E-state index in [1.54, 1.807) is 36.4 Å². The summed E-state index contributed by atoms with van der Waals surface area (Å²) in [7, 11) is -3.71. The molecule has 0 heterocycles. The highest BCUT2D eigenvalue weighted by Crippen LogP contribution is 2.18. The van der Waals surface area contributed by atoms with Crippen molar-refractivity contribution in [3.8, 4) is 0 Å². The van der Waals surface area contributed by atoms with Crippen LogP contribution < -0.4 is 10.0 Å². The third kappa shape index (κ3) is 6.10. The summed E-state index contributed by atoms with van der Waals surface area (Å²) < 4.78 is 27.0. The summed E-state index contributed by atoms with van der Waals surface area (Å²) in [5, 5.41) is 23.3. The van der Waals surface area contributed by atoms with Gasteiger partial charge in [0.2, 0.25) is 10.0 Å². The van der Waals surface area contributed by atoms with Crippen LogP contribution in [0.1, 0.15) is 31.4 Å². The molecule has 2 aromatic carbocycles. The molecule has 0 spiro atoms. The van der Waals surface area contributed by atoms with Gasteiger partial charge in [-0.3, -0.25) is 0 Å². The van der Waals surface area contributed by atoms with Gasteiger partial charge in [0.15, 0.2) is 0 Å². The van der Waals surface area contributed by atoms with E-state index in [0.717, 1.165) is 18.7 Å². The van der Waals surface area contributed by atoms with Gasteiger partial charge in [0, 0.05) is 25.2 Å². The molecule has 2 rings (SSSR count). The van der Waals surface area contributed by atoms with Crippen LogP contribution in [0.15, 0.2) is 59.5 Å². The average molecular weight is 378 g/mol. The van der Waals surface area contributed by atoms with Crippen molar-refractivity contribution in [1.82, 2.24) is 4.72 Å². The lowest BCUT2D eigenvalue weighted by Crippen LogP contribution is -2.33. The lowest BCUT2D eigenvalue weighted by Gasteiger charge is -2.17. The van der Waals surface area contributed by atoms with Crippen LogP contribution in [-0.4, -0.2) is 37.8 Å². The summed E-state index contributed by atoms with van der Waals surface area (Å²) in [5.74, 6) is 0. The van der Waals surface area contributed by atoms with Gasteiger partial charge in [0.1, 0.15) is 0 Å². The molecule has 4 N–H and O–H groups in total. The molecule has 0 aliphatic rings. The number of anilines is 1. The van der Waals surface area contributed by atoms with Gasteiger partial charge in [-0.25, -0.2) is 13.1 Å². The average Bonchev–Trinajstić information content (AvgIpc) is 2.66. The summed E-state index contributed by atoms with van der Waals surface area (Å²) in [6.07, 6.45) is -0.814. The van der Waals surface area contributed by atoms with Crippen LogP contribution in [0.4, 0.5) is 5.69 Å². The molecule has 0 bridgehead atoms. The Morgan fingerprint density at radius 2 is 1.65 bits per heavy atom. The molecule has 26 heavy (non-hydrogen) atoms. The van der Waals surface area contributed by atoms with E-state index in [1.165, 1.54) is 12.1 Å². The van der Waals surface area contributed by atoms with E-state index < -0.39 is 22.2 Å². The van der Waals surface area contributed by atoms with E-state index in [-0.39, 0.29) is 17.9 Å². The second-order valence-electron chi connectivity index (χ2n) is 6.12. The van der Waals surface area contributed by atoms with Crippen LogP contribution in [0.2, 0.25) is 0 Å². The van der Waals surface area contributed by atoms with E-state index in [4.69, 9.17) is 0 Å². The van der Waals surface area contributed by atoms with E-state index in [0.29, 0.717) is 5.56 Å². The van der Waals surface area contributed by atoms with Crippen molar-refractivity contribution in [2.24, 2.45) is 0 Å². The van der Waals surface area contributed by atoms with E-state index >= 15 is 0 Å². The maximum absolute atomic E-state index is 12.3. The van der Waals surface area contributed by atoms with Crippen LogP contribution in [0.5, 0.6) is 0 Å². The van der Waals surface area contributed by atoms with Gasteiger partial charge in [0.05, 0.1) is 17.1 Å². The molecule has 1 unspecified atom stereocenters. The van der Waals surface area contributed by atoms with Gasteiger partial charge in [-0.15, -0.1) is 0 Å². The molecule has 0 saturated carbocycles. The number of benzene rings is 2. The molecule has 2 aromatic rings. The molecule has 0 fully saturated rings. The van der Waals surface area contributed by atoms with Crippen molar-refractivity contribution in [1.29, 1.82) is 0 Å². The molecular formula is C19H26N2O4S. The maximum Gasteiger partial charge on any atom is 0.240 e.